The third-order valence-electron chi connectivity index (χ3n) is 4.11. The summed E-state index contributed by atoms with van der Waals surface area (Å²) in [5, 5.41) is 11.9. The van der Waals surface area contributed by atoms with Gasteiger partial charge in [0.25, 0.3) is 5.69 Å². The number of nitro groups is 1. The zero-order valence-electron chi connectivity index (χ0n) is 14.7. The van der Waals surface area contributed by atoms with Crippen LogP contribution in [0.4, 0.5) is 5.69 Å². The van der Waals surface area contributed by atoms with Crippen molar-refractivity contribution in [3.63, 3.8) is 0 Å². The minimum absolute atomic E-state index is 0.0985. The highest BCUT2D eigenvalue weighted by Crippen LogP contribution is 2.36. The van der Waals surface area contributed by atoms with E-state index < -0.39 is 0 Å². The van der Waals surface area contributed by atoms with Gasteiger partial charge >= 0.3 is 0 Å². The van der Waals surface area contributed by atoms with Crippen molar-refractivity contribution in [2.24, 2.45) is 0 Å². The van der Waals surface area contributed by atoms with E-state index in [1.54, 1.807) is 23.5 Å². The molecule has 0 atom stereocenters. The van der Waals surface area contributed by atoms with Crippen molar-refractivity contribution in [1.29, 1.82) is 0 Å². The van der Waals surface area contributed by atoms with Gasteiger partial charge in [-0.2, -0.15) is 0 Å². The lowest BCUT2D eigenvalue weighted by Crippen LogP contribution is -2.10. The first-order valence-electron chi connectivity index (χ1n) is 8.09. The van der Waals surface area contributed by atoms with Crippen molar-refractivity contribution in [1.82, 2.24) is 4.98 Å². The number of aryl methyl sites for hydroxylation is 1. The molecule has 0 saturated heterocycles. The number of hydrogen-bond acceptors (Lipinski definition) is 4. The van der Waals surface area contributed by atoms with Crippen molar-refractivity contribution in [3.8, 4) is 21.0 Å². The monoisotopic (exact) mass is 352 g/mol. The smallest absolute Gasteiger partial charge is 0.258 e. The number of benzene rings is 2. The molecule has 1 aromatic heterocycles. The maximum Gasteiger partial charge on any atom is 0.270 e. The fourth-order valence-electron chi connectivity index (χ4n) is 2.66. The van der Waals surface area contributed by atoms with Crippen LogP contribution in [0.15, 0.2) is 48.5 Å². The second-order valence-electron chi connectivity index (χ2n) is 7.07. The molecule has 0 spiro atoms. The average Bonchev–Trinajstić information content (AvgIpc) is 2.96. The number of nitro benzene ring substituents is 1. The summed E-state index contributed by atoms with van der Waals surface area (Å²) in [7, 11) is 0. The van der Waals surface area contributed by atoms with Crippen LogP contribution in [0.25, 0.3) is 21.0 Å². The molecule has 0 aliphatic heterocycles. The Labute approximate surface area is 151 Å². The molecular weight excluding hydrogens is 332 g/mol. The van der Waals surface area contributed by atoms with Crippen molar-refractivity contribution < 1.29 is 4.92 Å². The molecule has 5 heteroatoms. The molecule has 0 bridgehead atoms. The third-order valence-corrected chi connectivity index (χ3v) is 5.37. The second-order valence-corrected chi connectivity index (χ2v) is 8.07. The van der Waals surface area contributed by atoms with Crippen LogP contribution >= 0.6 is 11.3 Å². The maximum absolute atomic E-state index is 11.0. The lowest BCUT2D eigenvalue weighted by molar-refractivity contribution is -0.384. The summed E-state index contributed by atoms with van der Waals surface area (Å²) < 4.78 is 0. The molecule has 3 aromatic rings. The SMILES string of the molecule is Cc1nc(-c2ccc(C(C)(C)C)cc2)sc1-c1cccc([N+](=O)[O-])c1. The molecule has 0 unspecified atom stereocenters. The Morgan fingerprint density at radius 3 is 2.32 bits per heavy atom. The molecule has 0 amide bonds. The molecule has 25 heavy (non-hydrogen) atoms. The summed E-state index contributed by atoms with van der Waals surface area (Å²) >= 11 is 1.57. The normalized spacial score (nSPS) is 11.5. The van der Waals surface area contributed by atoms with Crippen LogP contribution in [0.2, 0.25) is 0 Å². The molecule has 0 radical (unpaired) electrons. The Morgan fingerprint density at radius 1 is 1.04 bits per heavy atom. The van der Waals surface area contributed by atoms with E-state index in [0.29, 0.717) is 0 Å². The van der Waals surface area contributed by atoms with Crippen LogP contribution in [0.3, 0.4) is 0 Å². The topological polar surface area (TPSA) is 56.0 Å². The standard InChI is InChI=1S/C20H20N2O2S/c1-13-18(15-6-5-7-17(12-15)22(23)24)25-19(21-13)14-8-10-16(11-9-14)20(2,3)4/h5-12H,1-4H3. The number of rotatable bonds is 3. The van der Waals surface area contributed by atoms with Gasteiger partial charge in [0.15, 0.2) is 0 Å². The van der Waals surface area contributed by atoms with Crippen LogP contribution in [0.1, 0.15) is 32.0 Å². The van der Waals surface area contributed by atoms with E-state index in [9.17, 15) is 10.1 Å². The van der Waals surface area contributed by atoms with Gasteiger partial charge < -0.3 is 0 Å². The number of hydrogen-bond donors (Lipinski definition) is 0. The Morgan fingerprint density at radius 2 is 1.72 bits per heavy atom. The Kier molecular flexibility index (Phi) is 4.43. The van der Waals surface area contributed by atoms with E-state index in [2.05, 4.69) is 50.0 Å². The summed E-state index contributed by atoms with van der Waals surface area (Å²) in [4.78, 5) is 16.3. The maximum atomic E-state index is 11.0. The van der Waals surface area contributed by atoms with E-state index in [0.717, 1.165) is 26.7 Å². The first-order valence-corrected chi connectivity index (χ1v) is 8.90. The summed E-state index contributed by atoms with van der Waals surface area (Å²) in [6.07, 6.45) is 0. The molecule has 2 aromatic carbocycles. The average molecular weight is 352 g/mol. The Hall–Kier alpha value is -2.53. The molecule has 1 heterocycles. The fraction of sp³-hybridized carbons (Fsp3) is 0.250. The number of aromatic nitrogens is 1. The number of non-ortho nitro benzene ring substituents is 1. The molecule has 0 saturated carbocycles. The highest BCUT2D eigenvalue weighted by molar-refractivity contribution is 7.18. The van der Waals surface area contributed by atoms with E-state index in [1.165, 1.54) is 11.6 Å². The quantitative estimate of drug-likeness (QED) is 0.429. The highest BCUT2D eigenvalue weighted by atomic mass is 32.1. The summed E-state index contributed by atoms with van der Waals surface area (Å²) in [6, 6.07) is 15.2. The van der Waals surface area contributed by atoms with Gasteiger partial charge in [0.05, 0.1) is 15.5 Å². The first kappa shape index (κ1) is 17.3. The molecule has 0 aliphatic rings. The highest BCUT2D eigenvalue weighted by Gasteiger charge is 2.16. The molecule has 3 rings (SSSR count). The van der Waals surface area contributed by atoms with Crippen molar-refractivity contribution in [3.05, 3.63) is 69.9 Å². The van der Waals surface area contributed by atoms with Crippen molar-refractivity contribution in [2.45, 2.75) is 33.1 Å². The zero-order chi connectivity index (χ0) is 18.2. The van der Waals surface area contributed by atoms with E-state index in [-0.39, 0.29) is 16.0 Å². The molecule has 0 aliphatic carbocycles. The van der Waals surface area contributed by atoms with E-state index >= 15 is 0 Å². The van der Waals surface area contributed by atoms with Gasteiger partial charge in [-0.25, -0.2) is 4.98 Å². The number of thiazole rings is 1. The van der Waals surface area contributed by atoms with Gasteiger partial charge in [0.1, 0.15) is 5.01 Å². The molecule has 0 fully saturated rings. The van der Waals surface area contributed by atoms with Crippen molar-refractivity contribution in [2.75, 3.05) is 0 Å². The molecular formula is C20H20N2O2S. The van der Waals surface area contributed by atoms with Gasteiger partial charge in [-0.15, -0.1) is 11.3 Å². The van der Waals surface area contributed by atoms with Gasteiger partial charge in [-0.1, -0.05) is 57.2 Å². The summed E-state index contributed by atoms with van der Waals surface area (Å²) in [6.45, 7) is 8.51. The van der Waals surface area contributed by atoms with E-state index in [4.69, 9.17) is 0 Å². The lowest BCUT2D eigenvalue weighted by atomic mass is 9.87. The van der Waals surface area contributed by atoms with Crippen LogP contribution in [-0.4, -0.2) is 9.91 Å². The Bertz CT molecular complexity index is 922. The Balaban J connectivity index is 1.98. The summed E-state index contributed by atoms with van der Waals surface area (Å²) in [5.74, 6) is 0. The zero-order valence-corrected chi connectivity index (χ0v) is 15.6. The first-order chi connectivity index (χ1) is 11.8. The molecule has 4 nitrogen and oxygen atoms in total. The fourth-order valence-corrected chi connectivity index (χ4v) is 3.73. The number of nitrogens with zero attached hydrogens (tertiary/aromatic N) is 2. The van der Waals surface area contributed by atoms with E-state index in [1.807, 2.05) is 13.0 Å². The summed E-state index contributed by atoms with van der Waals surface area (Å²) in [5.41, 5.74) is 4.29. The molecule has 128 valence electrons. The minimum Gasteiger partial charge on any atom is -0.258 e. The second kappa shape index (κ2) is 6.41. The van der Waals surface area contributed by atoms with Gasteiger partial charge in [-0.05, 0) is 17.9 Å². The lowest BCUT2D eigenvalue weighted by Gasteiger charge is -2.18. The minimum atomic E-state index is -0.369. The van der Waals surface area contributed by atoms with Crippen LogP contribution in [-0.2, 0) is 5.41 Å². The van der Waals surface area contributed by atoms with Crippen LogP contribution in [0, 0.1) is 17.0 Å². The van der Waals surface area contributed by atoms with Gasteiger partial charge in [-0.3, -0.25) is 10.1 Å². The van der Waals surface area contributed by atoms with Crippen molar-refractivity contribution >= 4 is 17.0 Å². The van der Waals surface area contributed by atoms with Crippen LogP contribution < -0.4 is 0 Å². The van der Waals surface area contributed by atoms with Gasteiger partial charge in [0.2, 0.25) is 0 Å². The largest absolute Gasteiger partial charge is 0.270 e. The predicted octanol–water partition coefficient (Wildman–Crippen LogP) is 5.99. The molecule has 0 N–H and O–H groups in total. The van der Waals surface area contributed by atoms with Crippen LogP contribution in [0.5, 0.6) is 0 Å². The van der Waals surface area contributed by atoms with Gasteiger partial charge in [0, 0.05) is 23.3 Å². The predicted molar refractivity (Wildman–Crippen MR) is 103 cm³/mol. The third kappa shape index (κ3) is 3.61.